The van der Waals surface area contributed by atoms with Crippen LogP contribution in [-0.4, -0.2) is 26.6 Å². The van der Waals surface area contributed by atoms with E-state index < -0.39 is 22.0 Å². The van der Waals surface area contributed by atoms with E-state index in [-0.39, 0.29) is 5.82 Å². The summed E-state index contributed by atoms with van der Waals surface area (Å²) in [5.41, 5.74) is 0.488. The maximum Gasteiger partial charge on any atom is 0.395 e. The molecule has 0 radical (unpaired) electrons. The summed E-state index contributed by atoms with van der Waals surface area (Å²) in [4.78, 5) is 27.7. The number of nitro groups is 1. The zero-order chi connectivity index (χ0) is 24.7. The number of hydrogen-bond donors (Lipinski definition) is 2. The van der Waals surface area contributed by atoms with Gasteiger partial charge in [0.15, 0.2) is 11.5 Å². The number of allylic oxidation sites excluding steroid dienone is 1. The van der Waals surface area contributed by atoms with Crippen LogP contribution in [0.25, 0.3) is 12.2 Å². The Morgan fingerprint density at radius 2 is 1.97 bits per heavy atom. The van der Waals surface area contributed by atoms with Crippen molar-refractivity contribution in [2.24, 2.45) is 0 Å². The van der Waals surface area contributed by atoms with Crippen LogP contribution >= 0.6 is 15.9 Å². The zero-order valence-electron chi connectivity index (χ0n) is 18.3. The van der Waals surface area contributed by atoms with Gasteiger partial charge in [0.2, 0.25) is 0 Å². The van der Waals surface area contributed by atoms with Crippen molar-refractivity contribution < 1.29 is 19.5 Å². The Morgan fingerprint density at radius 3 is 2.59 bits per heavy atom. The van der Waals surface area contributed by atoms with Crippen molar-refractivity contribution in [3.63, 3.8) is 0 Å². The number of aromatic hydroxyl groups is 1. The summed E-state index contributed by atoms with van der Waals surface area (Å²) in [6.07, 6.45) is 5.33. The monoisotopic (exact) mass is 527 g/mol. The van der Waals surface area contributed by atoms with Crippen LogP contribution in [0.3, 0.4) is 0 Å². The molecular weight excluding hydrogens is 506 g/mol. The highest BCUT2D eigenvalue weighted by molar-refractivity contribution is 9.10. The Balaban J connectivity index is 1.94. The molecule has 9 nitrogen and oxygen atoms in total. The van der Waals surface area contributed by atoms with E-state index in [0.29, 0.717) is 36.7 Å². The third kappa shape index (κ3) is 6.10. The SMILES string of the molecule is C=CCc1cc(/C=C/c2nc(O)c([N+](=O)[O-])c(=O)[nH]2)cc(OCC)c1OCc1ccc(Br)cc1. The molecule has 0 aliphatic carbocycles. The van der Waals surface area contributed by atoms with Crippen LogP contribution in [0, 0.1) is 10.1 Å². The van der Waals surface area contributed by atoms with Crippen molar-refractivity contribution in [1.29, 1.82) is 0 Å². The molecule has 0 aliphatic rings. The highest BCUT2D eigenvalue weighted by Gasteiger charge is 2.21. The van der Waals surface area contributed by atoms with E-state index in [2.05, 4.69) is 32.5 Å². The van der Waals surface area contributed by atoms with E-state index in [4.69, 9.17) is 9.47 Å². The molecule has 0 aliphatic heterocycles. The van der Waals surface area contributed by atoms with Crippen molar-refractivity contribution in [2.75, 3.05) is 6.61 Å². The van der Waals surface area contributed by atoms with Gasteiger partial charge >= 0.3 is 11.2 Å². The number of rotatable bonds is 10. The molecule has 3 aromatic rings. The van der Waals surface area contributed by atoms with E-state index in [9.17, 15) is 20.0 Å². The molecular formula is C24H22BrN3O6. The molecule has 0 saturated carbocycles. The van der Waals surface area contributed by atoms with Crippen LogP contribution in [0.15, 0.2) is 58.3 Å². The summed E-state index contributed by atoms with van der Waals surface area (Å²) in [6.45, 7) is 6.44. The van der Waals surface area contributed by atoms with Crippen LogP contribution in [0.4, 0.5) is 5.69 Å². The second-order valence-electron chi connectivity index (χ2n) is 7.06. The minimum atomic E-state index is -1.05. The lowest BCUT2D eigenvalue weighted by Crippen LogP contribution is -2.14. The third-order valence-electron chi connectivity index (χ3n) is 4.63. The van der Waals surface area contributed by atoms with Crippen LogP contribution in [0.1, 0.15) is 29.4 Å². The molecule has 1 heterocycles. The fraction of sp³-hybridized carbons (Fsp3) is 0.167. The van der Waals surface area contributed by atoms with E-state index in [1.54, 1.807) is 18.2 Å². The zero-order valence-corrected chi connectivity index (χ0v) is 19.9. The van der Waals surface area contributed by atoms with Gasteiger partial charge in [-0.05, 0) is 54.8 Å². The maximum absolute atomic E-state index is 11.9. The number of aromatic amines is 1. The number of halogens is 1. The number of hydrogen-bond acceptors (Lipinski definition) is 7. The first-order valence-corrected chi connectivity index (χ1v) is 11.0. The Hall–Kier alpha value is -3.92. The highest BCUT2D eigenvalue weighted by atomic mass is 79.9. The van der Waals surface area contributed by atoms with Crippen LogP contribution < -0.4 is 15.0 Å². The summed E-state index contributed by atoms with van der Waals surface area (Å²) in [6, 6.07) is 11.4. The molecule has 1 aromatic heterocycles. The number of aromatic nitrogens is 2. The Morgan fingerprint density at radius 1 is 1.24 bits per heavy atom. The quantitative estimate of drug-likeness (QED) is 0.215. The van der Waals surface area contributed by atoms with Crippen molar-refractivity contribution >= 4 is 33.8 Å². The maximum atomic E-state index is 11.9. The van der Waals surface area contributed by atoms with Crippen molar-refractivity contribution in [3.05, 3.63) is 96.5 Å². The molecule has 0 unspecified atom stereocenters. The normalized spacial score (nSPS) is 10.9. The number of benzene rings is 2. The average Bonchev–Trinajstić information content (AvgIpc) is 2.78. The van der Waals surface area contributed by atoms with Gasteiger partial charge in [0, 0.05) is 10.0 Å². The average molecular weight is 528 g/mol. The van der Waals surface area contributed by atoms with Gasteiger partial charge in [-0.3, -0.25) is 14.9 Å². The van der Waals surface area contributed by atoms with Crippen molar-refractivity contribution in [2.45, 2.75) is 20.0 Å². The second-order valence-corrected chi connectivity index (χ2v) is 7.98. The highest BCUT2D eigenvalue weighted by Crippen LogP contribution is 2.35. The fourth-order valence-electron chi connectivity index (χ4n) is 3.14. The van der Waals surface area contributed by atoms with E-state index in [1.807, 2.05) is 37.3 Å². The summed E-state index contributed by atoms with van der Waals surface area (Å²) in [5, 5.41) is 20.6. The molecule has 176 valence electrons. The predicted octanol–water partition coefficient (Wildman–Crippen LogP) is 5.02. The summed E-state index contributed by atoms with van der Waals surface area (Å²) >= 11 is 3.42. The van der Waals surface area contributed by atoms with Crippen molar-refractivity contribution in [1.82, 2.24) is 9.97 Å². The van der Waals surface area contributed by atoms with Gasteiger partial charge in [0.25, 0.3) is 5.88 Å². The van der Waals surface area contributed by atoms with Crippen LogP contribution in [0.5, 0.6) is 17.4 Å². The number of ether oxygens (including phenoxy) is 2. The van der Waals surface area contributed by atoms with Gasteiger partial charge in [-0.15, -0.1) is 6.58 Å². The van der Waals surface area contributed by atoms with Crippen molar-refractivity contribution in [3.8, 4) is 17.4 Å². The van der Waals surface area contributed by atoms with Gasteiger partial charge in [-0.1, -0.05) is 40.2 Å². The lowest BCUT2D eigenvalue weighted by molar-refractivity contribution is -0.387. The standard InChI is InChI=1S/C24H22BrN3O6/c1-3-5-17-12-16(8-11-20-26-23(29)21(28(31)32)24(30)27-20)13-19(33-4-2)22(17)34-14-15-6-9-18(25)10-7-15/h3,6-13H,1,4-5,14H2,2H3,(H2,26,27,29,30)/b11-8+. The third-order valence-corrected chi connectivity index (χ3v) is 5.15. The molecule has 0 bridgehead atoms. The van der Waals surface area contributed by atoms with Gasteiger partial charge in [-0.2, -0.15) is 4.98 Å². The lowest BCUT2D eigenvalue weighted by atomic mass is 10.0. The van der Waals surface area contributed by atoms with Crippen LogP contribution in [-0.2, 0) is 13.0 Å². The van der Waals surface area contributed by atoms with E-state index in [0.717, 1.165) is 15.6 Å². The molecule has 0 saturated heterocycles. The van der Waals surface area contributed by atoms with Gasteiger partial charge in [-0.25, -0.2) is 0 Å². The molecule has 10 heteroatoms. The number of H-pyrrole nitrogens is 1. The first kappa shape index (κ1) is 24.7. The molecule has 2 aromatic carbocycles. The van der Waals surface area contributed by atoms with Gasteiger partial charge < -0.3 is 19.6 Å². The summed E-state index contributed by atoms with van der Waals surface area (Å²) < 4.78 is 12.9. The lowest BCUT2D eigenvalue weighted by Gasteiger charge is -2.17. The molecule has 3 rings (SSSR count). The topological polar surface area (TPSA) is 128 Å². The number of nitrogens with zero attached hydrogens (tertiary/aromatic N) is 2. The minimum absolute atomic E-state index is 0.0353. The number of nitrogens with one attached hydrogen (secondary N) is 1. The molecule has 0 spiro atoms. The summed E-state index contributed by atoms with van der Waals surface area (Å²) in [5.74, 6) is 0.146. The summed E-state index contributed by atoms with van der Waals surface area (Å²) in [7, 11) is 0. The van der Waals surface area contributed by atoms with E-state index >= 15 is 0 Å². The fourth-order valence-corrected chi connectivity index (χ4v) is 3.40. The largest absolute Gasteiger partial charge is 0.490 e. The van der Waals surface area contributed by atoms with Gasteiger partial charge in [0.05, 0.1) is 11.5 Å². The minimum Gasteiger partial charge on any atom is -0.490 e. The van der Waals surface area contributed by atoms with Gasteiger partial charge in [0.1, 0.15) is 12.4 Å². The predicted molar refractivity (Wildman–Crippen MR) is 132 cm³/mol. The molecule has 0 atom stereocenters. The first-order chi connectivity index (χ1) is 16.3. The first-order valence-electron chi connectivity index (χ1n) is 10.3. The van der Waals surface area contributed by atoms with Crippen LogP contribution in [0.2, 0.25) is 0 Å². The molecule has 0 amide bonds. The molecule has 0 fully saturated rings. The smallest absolute Gasteiger partial charge is 0.395 e. The molecule has 34 heavy (non-hydrogen) atoms. The Bertz CT molecular complexity index is 1290. The second kappa shape index (κ2) is 11.3. The van der Waals surface area contributed by atoms with E-state index in [1.165, 1.54) is 6.08 Å². The molecule has 2 N–H and O–H groups in total. The Labute approximate surface area is 203 Å². The Kier molecular flexibility index (Phi) is 8.20.